The van der Waals surface area contributed by atoms with Crippen molar-refractivity contribution >= 4 is 0 Å². The SMILES string of the molecule is C(CC[N+]12CCC(CC1)CC2)CC[N+]12CCC(CC1)CC2. The molecule has 0 atom stereocenters. The Balaban J connectivity index is 1.17. The monoisotopic (exact) mass is 292 g/mol. The Morgan fingerprint density at radius 2 is 0.810 bits per heavy atom. The van der Waals surface area contributed by atoms with E-state index in [1.165, 1.54) is 80.6 Å². The van der Waals surface area contributed by atoms with Gasteiger partial charge in [0.05, 0.1) is 52.4 Å². The number of fused-ring (bicyclic) bond motifs is 6. The number of unbranched alkanes of at least 4 members (excludes halogenated alkanes) is 2. The molecule has 0 amide bonds. The van der Waals surface area contributed by atoms with Crippen LogP contribution in [0.15, 0.2) is 0 Å². The van der Waals surface area contributed by atoms with Gasteiger partial charge < -0.3 is 8.97 Å². The minimum Gasteiger partial charge on any atom is -0.324 e. The second-order valence-electron chi connectivity index (χ2n) is 9.00. The third-order valence-electron chi connectivity index (χ3n) is 7.84. The quantitative estimate of drug-likeness (QED) is 0.520. The van der Waals surface area contributed by atoms with E-state index in [1.54, 1.807) is 38.5 Å². The molecule has 2 heteroatoms. The highest BCUT2D eigenvalue weighted by atomic mass is 15.4. The van der Waals surface area contributed by atoms with Crippen molar-refractivity contribution in [1.82, 2.24) is 0 Å². The summed E-state index contributed by atoms with van der Waals surface area (Å²) in [6.07, 6.45) is 13.8. The Bertz CT molecular complexity index is 287. The molecule has 0 aromatic rings. The van der Waals surface area contributed by atoms with E-state index in [4.69, 9.17) is 0 Å². The van der Waals surface area contributed by atoms with Crippen LogP contribution in [0.3, 0.4) is 0 Å². The summed E-state index contributed by atoms with van der Waals surface area (Å²) >= 11 is 0. The zero-order valence-electron chi connectivity index (χ0n) is 14.1. The molecule has 6 heterocycles. The van der Waals surface area contributed by atoms with Crippen LogP contribution < -0.4 is 0 Å². The van der Waals surface area contributed by atoms with Crippen molar-refractivity contribution in [2.75, 3.05) is 52.4 Å². The Labute approximate surface area is 131 Å². The van der Waals surface area contributed by atoms with E-state index in [9.17, 15) is 0 Å². The van der Waals surface area contributed by atoms with Crippen LogP contribution in [0.1, 0.15) is 57.8 Å². The van der Waals surface area contributed by atoms with Gasteiger partial charge in [-0.3, -0.25) is 0 Å². The summed E-state index contributed by atoms with van der Waals surface area (Å²) in [7, 11) is 0. The molecule has 0 aromatic carbocycles. The van der Waals surface area contributed by atoms with Crippen molar-refractivity contribution in [2.45, 2.75) is 57.8 Å². The maximum Gasteiger partial charge on any atom is 0.0789 e. The van der Waals surface area contributed by atoms with Gasteiger partial charge in [0.1, 0.15) is 0 Å². The molecule has 0 N–H and O–H groups in total. The van der Waals surface area contributed by atoms with E-state index >= 15 is 0 Å². The van der Waals surface area contributed by atoms with Crippen LogP contribution >= 0.6 is 0 Å². The van der Waals surface area contributed by atoms with E-state index in [0.29, 0.717) is 0 Å². The van der Waals surface area contributed by atoms with Crippen molar-refractivity contribution in [2.24, 2.45) is 11.8 Å². The van der Waals surface area contributed by atoms with Crippen LogP contribution in [0.2, 0.25) is 0 Å². The summed E-state index contributed by atoms with van der Waals surface area (Å²) in [6, 6.07) is 0. The van der Waals surface area contributed by atoms with Gasteiger partial charge in [0, 0.05) is 0 Å². The smallest absolute Gasteiger partial charge is 0.0789 e. The predicted molar refractivity (Wildman–Crippen MR) is 88.0 cm³/mol. The summed E-state index contributed by atoms with van der Waals surface area (Å²) in [4.78, 5) is 0. The van der Waals surface area contributed by atoms with Crippen molar-refractivity contribution in [3.63, 3.8) is 0 Å². The first-order chi connectivity index (χ1) is 10.3. The lowest BCUT2D eigenvalue weighted by atomic mass is 9.85. The molecule has 2 nitrogen and oxygen atoms in total. The van der Waals surface area contributed by atoms with E-state index in [1.807, 2.05) is 0 Å². The molecular weight excluding hydrogens is 256 g/mol. The van der Waals surface area contributed by atoms with Gasteiger partial charge >= 0.3 is 0 Å². The van der Waals surface area contributed by atoms with Crippen LogP contribution in [-0.2, 0) is 0 Å². The lowest BCUT2D eigenvalue weighted by Crippen LogP contribution is -2.59. The van der Waals surface area contributed by atoms with Crippen molar-refractivity contribution in [1.29, 1.82) is 0 Å². The van der Waals surface area contributed by atoms with E-state index in [-0.39, 0.29) is 0 Å². The topological polar surface area (TPSA) is 0 Å². The molecular formula is C19H36N2+2. The number of hydrogen-bond acceptors (Lipinski definition) is 0. The molecule has 0 saturated carbocycles. The number of hydrogen-bond donors (Lipinski definition) is 0. The lowest BCUT2D eigenvalue weighted by molar-refractivity contribution is -0.944. The third kappa shape index (κ3) is 3.03. The lowest BCUT2D eigenvalue weighted by Gasteiger charge is -2.50. The van der Waals surface area contributed by atoms with Gasteiger partial charge in [-0.1, -0.05) is 0 Å². The molecule has 0 aliphatic carbocycles. The largest absolute Gasteiger partial charge is 0.324 e. The van der Waals surface area contributed by atoms with Gasteiger partial charge in [-0.05, 0) is 69.6 Å². The molecule has 6 aliphatic heterocycles. The molecule has 6 saturated heterocycles. The molecule has 0 unspecified atom stereocenters. The maximum atomic E-state index is 1.54. The number of rotatable bonds is 6. The highest BCUT2D eigenvalue weighted by Crippen LogP contribution is 2.35. The maximum absolute atomic E-state index is 1.54. The highest BCUT2D eigenvalue weighted by molar-refractivity contribution is 4.73. The minimum absolute atomic E-state index is 1.11. The molecule has 4 bridgehead atoms. The predicted octanol–water partition coefficient (Wildman–Crippen LogP) is 3.42. The second kappa shape index (κ2) is 5.85. The summed E-state index contributed by atoms with van der Waals surface area (Å²) in [5, 5.41) is 0. The molecule has 6 aliphatic rings. The fourth-order valence-electron chi connectivity index (χ4n) is 6.02. The van der Waals surface area contributed by atoms with Crippen molar-refractivity contribution < 1.29 is 8.97 Å². The minimum atomic E-state index is 1.11. The van der Waals surface area contributed by atoms with Crippen molar-refractivity contribution in [3.8, 4) is 0 Å². The first-order valence-electron chi connectivity index (χ1n) is 9.98. The Morgan fingerprint density at radius 3 is 1.14 bits per heavy atom. The zero-order valence-corrected chi connectivity index (χ0v) is 14.1. The average Bonchev–Trinajstić information content (AvgIpc) is 2.58. The second-order valence-corrected chi connectivity index (χ2v) is 9.00. The molecule has 0 spiro atoms. The van der Waals surface area contributed by atoms with E-state index < -0.39 is 0 Å². The van der Waals surface area contributed by atoms with Gasteiger partial charge in [-0.2, -0.15) is 0 Å². The number of quaternary nitrogens is 2. The van der Waals surface area contributed by atoms with Crippen LogP contribution in [-0.4, -0.2) is 61.3 Å². The Hall–Kier alpha value is -0.0800. The van der Waals surface area contributed by atoms with Crippen LogP contribution in [0.5, 0.6) is 0 Å². The van der Waals surface area contributed by atoms with Gasteiger partial charge in [0.2, 0.25) is 0 Å². The molecule has 6 rings (SSSR count). The Morgan fingerprint density at radius 1 is 0.476 bits per heavy atom. The van der Waals surface area contributed by atoms with Crippen LogP contribution in [0.4, 0.5) is 0 Å². The fourth-order valence-corrected chi connectivity index (χ4v) is 6.02. The molecule has 21 heavy (non-hydrogen) atoms. The number of nitrogens with zero attached hydrogens (tertiary/aromatic N) is 2. The highest BCUT2D eigenvalue weighted by Gasteiger charge is 2.40. The van der Waals surface area contributed by atoms with Gasteiger partial charge in [-0.25, -0.2) is 0 Å². The van der Waals surface area contributed by atoms with Gasteiger partial charge in [0.15, 0.2) is 0 Å². The summed E-state index contributed by atoms with van der Waals surface area (Å²) in [5.41, 5.74) is 0. The first kappa shape index (κ1) is 14.5. The third-order valence-corrected chi connectivity index (χ3v) is 7.84. The van der Waals surface area contributed by atoms with E-state index in [0.717, 1.165) is 11.8 Å². The van der Waals surface area contributed by atoms with Crippen LogP contribution in [0, 0.1) is 11.8 Å². The van der Waals surface area contributed by atoms with Crippen molar-refractivity contribution in [3.05, 3.63) is 0 Å². The standard InChI is InChI=1S/C19H36N2/c1(2-10-20-12-4-18(5-13-20)6-14-20)3-11-21-15-7-19(8-16-21)9-17-21/h18-19H,1-17H2/q+2. The summed E-state index contributed by atoms with van der Waals surface area (Å²) in [6.45, 7) is 12.1. The van der Waals surface area contributed by atoms with E-state index in [2.05, 4.69) is 0 Å². The molecule has 0 aromatic heterocycles. The van der Waals surface area contributed by atoms with Gasteiger partial charge in [-0.15, -0.1) is 0 Å². The zero-order chi connectivity index (χ0) is 14.2. The van der Waals surface area contributed by atoms with Gasteiger partial charge in [0.25, 0.3) is 0 Å². The normalized spacial score (nSPS) is 45.1. The average molecular weight is 293 g/mol. The molecule has 120 valence electrons. The Kier molecular flexibility index (Phi) is 4.04. The summed E-state index contributed by atoms with van der Waals surface area (Å²) < 4.78 is 3.02. The van der Waals surface area contributed by atoms with Crippen LogP contribution in [0.25, 0.3) is 0 Å². The first-order valence-corrected chi connectivity index (χ1v) is 9.98. The molecule has 6 fully saturated rings. The number of piperidine rings is 6. The summed E-state index contributed by atoms with van der Waals surface area (Å²) in [5.74, 6) is 2.23. The fraction of sp³-hybridized carbons (Fsp3) is 1.00. The molecule has 0 radical (unpaired) electrons.